The Hall–Kier alpha value is -2.73. The highest BCUT2D eigenvalue weighted by Gasteiger charge is 2.19. The fraction of sp³-hybridized carbons (Fsp3) is 0.188. The number of nitrogens with zero attached hydrogens (tertiary/aromatic N) is 2. The first kappa shape index (κ1) is 14.2. The van der Waals surface area contributed by atoms with Gasteiger partial charge in [0.25, 0.3) is 11.6 Å². The van der Waals surface area contributed by atoms with E-state index in [2.05, 4.69) is 15.6 Å². The van der Waals surface area contributed by atoms with Gasteiger partial charge in [-0.1, -0.05) is 35.5 Å². The molecule has 0 aliphatic rings. The fourth-order valence-electron chi connectivity index (χ4n) is 2.22. The van der Waals surface area contributed by atoms with Crippen molar-refractivity contribution in [2.75, 3.05) is 6.61 Å². The van der Waals surface area contributed by atoms with Gasteiger partial charge in [0.15, 0.2) is 0 Å². The molecular weight excluding hydrogens is 282 g/mol. The van der Waals surface area contributed by atoms with E-state index in [4.69, 9.17) is 9.36 Å². The maximum Gasteiger partial charge on any atom is 0.275 e. The quantitative estimate of drug-likeness (QED) is 0.749. The van der Waals surface area contributed by atoms with Crippen LogP contribution in [-0.4, -0.2) is 22.7 Å². The molecular formula is C16H15N3O3. The van der Waals surface area contributed by atoms with E-state index in [1.54, 1.807) is 19.9 Å². The summed E-state index contributed by atoms with van der Waals surface area (Å²) in [6.07, 6.45) is 0. The van der Waals surface area contributed by atoms with E-state index in [1.165, 1.54) is 0 Å². The van der Waals surface area contributed by atoms with Crippen molar-refractivity contribution in [3.05, 3.63) is 47.7 Å². The Kier molecular flexibility index (Phi) is 3.84. The third-order valence-corrected chi connectivity index (χ3v) is 3.24. The number of aromatic nitrogens is 2. The molecule has 22 heavy (non-hydrogen) atoms. The van der Waals surface area contributed by atoms with Crippen LogP contribution in [0.3, 0.4) is 0 Å². The average Bonchev–Trinajstić information content (AvgIpc) is 2.94. The molecule has 0 aliphatic heterocycles. The van der Waals surface area contributed by atoms with Crippen molar-refractivity contribution in [2.45, 2.75) is 13.8 Å². The van der Waals surface area contributed by atoms with E-state index in [0.29, 0.717) is 34.7 Å². The first-order valence-corrected chi connectivity index (χ1v) is 6.95. The number of benzene rings is 1. The zero-order valence-corrected chi connectivity index (χ0v) is 12.3. The van der Waals surface area contributed by atoms with Crippen molar-refractivity contribution in [1.29, 1.82) is 0 Å². The highest BCUT2D eigenvalue weighted by atomic mass is 16.6. The minimum atomic E-state index is -0.349. The van der Waals surface area contributed by atoms with Gasteiger partial charge in [0.05, 0.1) is 28.9 Å². The van der Waals surface area contributed by atoms with Crippen molar-refractivity contribution >= 4 is 17.0 Å². The number of aryl methyl sites for hydroxylation is 1. The summed E-state index contributed by atoms with van der Waals surface area (Å²) in [5.74, 6) is -0.349. The highest BCUT2D eigenvalue weighted by molar-refractivity contribution is 6.06. The van der Waals surface area contributed by atoms with Gasteiger partial charge in [-0.2, -0.15) is 0 Å². The molecule has 0 aliphatic carbocycles. The van der Waals surface area contributed by atoms with Crippen LogP contribution in [0.25, 0.3) is 22.4 Å². The van der Waals surface area contributed by atoms with Crippen LogP contribution < -0.4 is 5.48 Å². The highest BCUT2D eigenvalue weighted by Crippen LogP contribution is 2.26. The number of hydrogen-bond acceptors (Lipinski definition) is 5. The molecule has 0 fully saturated rings. The van der Waals surface area contributed by atoms with Crippen LogP contribution in [-0.2, 0) is 4.84 Å². The number of fused-ring (bicyclic) bond motifs is 1. The van der Waals surface area contributed by atoms with Crippen molar-refractivity contribution in [3.8, 4) is 11.3 Å². The van der Waals surface area contributed by atoms with Gasteiger partial charge in [-0.3, -0.25) is 9.63 Å². The average molecular weight is 297 g/mol. The van der Waals surface area contributed by atoms with Crippen LogP contribution in [0.15, 0.2) is 40.9 Å². The molecule has 0 radical (unpaired) electrons. The van der Waals surface area contributed by atoms with Crippen molar-refractivity contribution in [3.63, 3.8) is 0 Å². The summed E-state index contributed by atoms with van der Waals surface area (Å²) in [7, 11) is 0. The minimum absolute atomic E-state index is 0.334. The normalized spacial score (nSPS) is 10.8. The number of carbonyl (C=O) groups is 1. The van der Waals surface area contributed by atoms with Gasteiger partial charge in [0, 0.05) is 5.56 Å². The predicted molar refractivity (Wildman–Crippen MR) is 81.1 cm³/mol. The molecule has 0 unspecified atom stereocenters. The van der Waals surface area contributed by atoms with E-state index < -0.39 is 0 Å². The number of rotatable bonds is 4. The van der Waals surface area contributed by atoms with Crippen LogP contribution in [0.5, 0.6) is 0 Å². The minimum Gasteiger partial charge on any atom is -0.335 e. The van der Waals surface area contributed by atoms with E-state index >= 15 is 0 Å². The summed E-state index contributed by atoms with van der Waals surface area (Å²) in [6, 6.07) is 11.3. The number of nitrogens with one attached hydrogen (secondary N) is 1. The lowest BCUT2D eigenvalue weighted by atomic mass is 10.1. The van der Waals surface area contributed by atoms with Gasteiger partial charge in [-0.25, -0.2) is 10.5 Å². The van der Waals surface area contributed by atoms with Crippen LogP contribution in [0.1, 0.15) is 23.0 Å². The van der Waals surface area contributed by atoms with Gasteiger partial charge in [0.1, 0.15) is 0 Å². The monoisotopic (exact) mass is 297 g/mol. The Balaban J connectivity index is 2.15. The van der Waals surface area contributed by atoms with Crippen LogP contribution >= 0.6 is 0 Å². The van der Waals surface area contributed by atoms with Gasteiger partial charge in [0.2, 0.25) is 0 Å². The second-order valence-electron chi connectivity index (χ2n) is 4.73. The molecule has 3 aromatic rings. The third kappa shape index (κ3) is 2.56. The Bertz CT molecular complexity index is 812. The molecule has 0 spiro atoms. The molecule has 0 saturated heterocycles. The summed E-state index contributed by atoms with van der Waals surface area (Å²) < 4.78 is 5.22. The number of amides is 1. The topological polar surface area (TPSA) is 77.2 Å². The van der Waals surface area contributed by atoms with Crippen LogP contribution in [0.2, 0.25) is 0 Å². The molecule has 0 saturated carbocycles. The lowest BCUT2D eigenvalue weighted by Crippen LogP contribution is -2.24. The zero-order valence-electron chi connectivity index (χ0n) is 12.3. The van der Waals surface area contributed by atoms with Gasteiger partial charge in [-0.15, -0.1) is 0 Å². The lowest BCUT2D eigenvalue weighted by Gasteiger charge is -2.07. The Morgan fingerprint density at radius 3 is 2.82 bits per heavy atom. The van der Waals surface area contributed by atoms with Crippen molar-refractivity contribution < 1.29 is 14.2 Å². The van der Waals surface area contributed by atoms with E-state index in [9.17, 15) is 4.79 Å². The molecule has 0 atom stereocenters. The van der Waals surface area contributed by atoms with E-state index in [-0.39, 0.29) is 5.91 Å². The third-order valence-electron chi connectivity index (χ3n) is 3.24. The van der Waals surface area contributed by atoms with Crippen molar-refractivity contribution in [1.82, 2.24) is 15.6 Å². The number of carbonyl (C=O) groups excluding carboxylic acids is 1. The smallest absolute Gasteiger partial charge is 0.275 e. The largest absolute Gasteiger partial charge is 0.335 e. The van der Waals surface area contributed by atoms with E-state index in [1.807, 2.05) is 30.3 Å². The molecule has 6 heteroatoms. The molecule has 6 nitrogen and oxygen atoms in total. The number of hydroxylamine groups is 1. The van der Waals surface area contributed by atoms with Crippen molar-refractivity contribution in [2.24, 2.45) is 0 Å². The summed E-state index contributed by atoms with van der Waals surface area (Å²) in [5, 5.41) is 4.49. The first-order chi connectivity index (χ1) is 10.7. The van der Waals surface area contributed by atoms with Gasteiger partial charge < -0.3 is 4.52 Å². The SMILES string of the molecule is CCONC(=O)c1cc(-c2ccccc2)nc2onc(C)c12. The lowest BCUT2D eigenvalue weighted by molar-refractivity contribution is 0.0366. The second kappa shape index (κ2) is 5.95. The summed E-state index contributed by atoms with van der Waals surface area (Å²) in [4.78, 5) is 21.7. The summed E-state index contributed by atoms with van der Waals surface area (Å²) in [6.45, 7) is 3.95. The first-order valence-electron chi connectivity index (χ1n) is 6.95. The Labute approximate surface area is 127 Å². The Morgan fingerprint density at radius 1 is 1.32 bits per heavy atom. The van der Waals surface area contributed by atoms with E-state index in [0.717, 1.165) is 5.56 Å². The van der Waals surface area contributed by atoms with Gasteiger partial charge >= 0.3 is 0 Å². The number of hydrogen-bond donors (Lipinski definition) is 1. The van der Waals surface area contributed by atoms with Gasteiger partial charge in [-0.05, 0) is 19.9 Å². The zero-order chi connectivity index (χ0) is 15.5. The summed E-state index contributed by atoms with van der Waals surface area (Å²) in [5.41, 5.74) is 5.31. The molecule has 1 aromatic carbocycles. The molecule has 1 amide bonds. The number of pyridine rings is 1. The predicted octanol–water partition coefficient (Wildman–Crippen LogP) is 2.88. The second-order valence-corrected chi connectivity index (χ2v) is 4.73. The fourth-order valence-corrected chi connectivity index (χ4v) is 2.22. The molecule has 0 bridgehead atoms. The Morgan fingerprint density at radius 2 is 2.09 bits per heavy atom. The molecule has 2 heterocycles. The standard InChI is InChI=1S/C16H15N3O3/c1-3-21-19-15(20)12-9-13(11-7-5-4-6-8-11)17-16-14(12)10(2)18-22-16/h4-9H,3H2,1-2H3,(H,19,20). The van der Waals surface area contributed by atoms with Crippen LogP contribution in [0.4, 0.5) is 0 Å². The summed E-state index contributed by atoms with van der Waals surface area (Å²) >= 11 is 0. The molecule has 1 N–H and O–H groups in total. The molecule has 3 rings (SSSR count). The van der Waals surface area contributed by atoms with Crippen LogP contribution in [0, 0.1) is 6.92 Å². The maximum absolute atomic E-state index is 12.3. The maximum atomic E-state index is 12.3. The molecule has 112 valence electrons. The molecule has 2 aromatic heterocycles.